The molecular formula is C9H12ClN3. The fourth-order valence-corrected chi connectivity index (χ4v) is 1.77. The fourth-order valence-electron chi connectivity index (χ4n) is 1.48. The van der Waals surface area contributed by atoms with E-state index in [1.54, 1.807) is 12.3 Å². The monoisotopic (exact) mass is 197 g/mol. The van der Waals surface area contributed by atoms with Crippen molar-refractivity contribution in [1.82, 2.24) is 4.98 Å². The van der Waals surface area contributed by atoms with E-state index in [4.69, 9.17) is 23.1 Å². The largest absolute Gasteiger partial charge is 0.398 e. The Morgan fingerprint density at radius 2 is 2.23 bits per heavy atom. The third kappa shape index (κ3) is 1.62. The van der Waals surface area contributed by atoms with E-state index in [-0.39, 0.29) is 6.04 Å². The SMILES string of the molecule is Nc1ccnc(Cl)c1[C@@H](N)C1CC1. The van der Waals surface area contributed by atoms with Crippen molar-refractivity contribution in [2.75, 3.05) is 5.73 Å². The molecule has 1 heterocycles. The average Bonchev–Trinajstić information content (AvgIpc) is 2.85. The van der Waals surface area contributed by atoms with Crippen molar-refractivity contribution in [2.24, 2.45) is 11.7 Å². The molecule has 1 saturated carbocycles. The third-order valence-electron chi connectivity index (χ3n) is 2.44. The topological polar surface area (TPSA) is 64.9 Å². The van der Waals surface area contributed by atoms with Gasteiger partial charge >= 0.3 is 0 Å². The van der Waals surface area contributed by atoms with Crippen LogP contribution in [0.3, 0.4) is 0 Å². The van der Waals surface area contributed by atoms with Crippen molar-refractivity contribution in [3.05, 3.63) is 23.0 Å². The van der Waals surface area contributed by atoms with Crippen LogP contribution in [0.2, 0.25) is 5.15 Å². The molecule has 1 fully saturated rings. The van der Waals surface area contributed by atoms with Crippen molar-refractivity contribution >= 4 is 17.3 Å². The van der Waals surface area contributed by atoms with E-state index < -0.39 is 0 Å². The van der Waals surface area contributed by atoms with Crippen LogP contribution in [0.1, 0.15) is 24.4 Å². The second kappa shape index (κ2) is 3.16. The summed E-state index contributed by atoms with van der Waals surface area (Å²) in [6, 6.07) is 1.70. The highest BCUT2D eigenvalue weighted by Crippen LogP contribution is 2.42. The molecule has 0 aliphatic heterocycles. The number of halogens is 1. The molecule has 0 bridgehead atoms. The molecular weight excluding hydrogens is 186 g/mol. The van der Waals surface area contributed by atoms with E-state index in [0.29, 0.717) is 16.8 Å². The summed E-state index contributed by atoms with van der Waals surface area (Å²) in [7, 11) is 0. The fraction of sp³-hybridized carbons (Fsp3) is 0.444. The Hall–Kier alpha value is -0.800. The van der Waals surface area contributed by atoms with Crippen LogP contribution in [0.4, 0.5) is 5.69 Å². The van der Waals surface area contributed by atoms with Gasteiger partial charge in [0, 0.05) is 23.5 Å². The van der Waals surface area contributed by atoms with Gasteiger partial charge in [-0.3, -0.25) is 0 Å². The zero-order chi connectivity index (χ0) is 9.42. The van der Waals surface area contributed by atoms with Gasteiger partial charge in [-0.2, -0.15) is 0 Å². The van der Waals surface area contributed by atoms with Crippen LogP contribution in [0.25, 0.3) is 0 Å². The van der Waals surface area contributed by atoms with Gasteiger partial charge in [-0.1, -0.05) is 11.6 Å². The molecule has 1 aliphatic rings. The molecule has 0 saturated heterocycles. The predicted octanol–water partition coefficient (Wildman–Crippen LogP) is 1.73. The van der Waals surface area contributed by atoms with Crippen molar-refractivity contribution < 1.29 is 0 Å². The second-order valence-electron chi connectivity index (χ2n) is 3.47. The lowest BCUT2D eigenvalue weighted by molar-refractivity contribution is 0.633. The van der Waals surface area contributed by atoms with Gasteiger partial charge in [-0.15, -0.1) is 0 Å². The van der Waals surface area contributed by atoms with Crippen LogP contribution in [-0.2, 0) is 0 Å². The number of aromatic nitrogens is 1. The summed E-state index contributed by atoms with van der Waals surface area (Å²) >= 11 is 5.93. The van der Waals surface area contributed by atoms with Crippen molar-refractivity contribution in [3.63, 3.8) is 0 Å². The Bertz CT molecular complexity index is 302. The molecule has 0 unspecified atom stereocenters. The number of rotatable bonds is 2. The van der Waals surface area contributed by atoms with Crippen LogP contribution in [0, 0.1) is 5.92 Å². The highest BCUT2D eigenvalue weighted by atomic mass is 35.5. The Balaban J connectivity index is 2.36. The van der Waals surface area contributed by atoms with Gasteiger partial charge < -0.3 is 11.5 Å². The van der Waals surface area contributed by atoms with Gasteiger partial charge in [-0.05, 0) is 24.8 Å². The summed E-state index contributed by atoms with van der Waals surface area (Å²) in [6.45, 7) is 0. The summed E-state index contributed by atoms with van der Waals surface area (Å²) in [4.78, 5) is 3.98. The maximum Gasteiger partial charge on any atom is 0.135 e. The normalized spacial score (nSPS) is 18.6. The number of nitrogens with zero attached hydrogens (tertiary/aromatic N) is 1. The summed E-state index contributed by atoms with van der Waals surface area (Å²) in [5, 5.41) is 0.444. The number of hydrogen-bond acceptors (Lipinski definition) is 3. The molecule has 3 nitrogen and oxygen atoms in total. The van der Waals surface area contributed by atoms with Gasteiger partial charge in [0.2, 0.25) is 0 Å². The van der Waals surface area contributed by atoms with E-state index >= 15 is 0 Å². The van der Waals surface area contributed by atoms with Crippen LogP contribution in [-0.4, -0.2) is 4.98 Å². The van der Waals surface area contributed by atoms with Gasteiger partial charge in [0.25, 0.3) is 0 Å². The molecule has 4 N–H and O–H groups in total. The van der Waals surface area contributed by atoms with Gasteiger partial charge in [-0.25, -0.2) is 4.98 Å². The van der Waals surface area contributed by atoms with Crippen molar-refractivity contribution in [2.45, 2.75) is 18.9 Å². The summed E-state index contributed by atoms with van der Waals surface area (Å²) in [6.07, 6.45) is 3.94. The zero-order valence-electron chi connectivity index (χ0n) is 7.20. The van der Waals surface area contributed by atoms with Crippen molar-refractivity contribution in [3.8, 4) is 0 Å². The maximum atomic E-state index is 6.00. The molecule has 2 rings (SSSR count). The molecule has 1 atom stereocenters. The van der Waals surface area contributed by atoms with Crippen LogP contribution < -0.4 is 11.5 Å². The zero-order valence-corrected chi connectivity index (χ0v) is 7.96. The minimum absolute atomic E-state index is 0.0406. The summed E-state index contributed by atoms with van der Waals surface area (Å²) < 4.78 is 0. The first-order chi connectivity index (χ1) is 6.20. The standard InChI is InChI=1S/C9H12ClN3/c10-9-7(6(11)3-4-13-9)8(12)5-1-2-5/h3-5,8H,1-2,12H2,(H2,11,13)/t8-/m0/s1. The molecule has 0 spiro atoms. The molecule has 0 aromatic carbocycles. The van der Waals surface area contributed by atoms with E-state index in [0.717, 1.165) is 5.56 Å². The number of nitrogens with two attached hydrogens (primary N) is 2. The van der Waals surface area contributed by atoms with E-state index in [1.807, 2.05) is 0 Å². The number of hydrogen-bond donors (Lipinski definition) is 2. The number of anilines is 1. The maximum absolute atomic E-state index is 6.00. The third-order valence-corrected chi connectivity index (χ3v) is 2.74. The Morgan fingerprint density at radius 3 is 2.77 bits per heavy atom. The first-order valence-electron chi connectivity index (χ1n) is 4.35. The molecule has 0 amide bonds. The minimum atomic E-state index is -0.0406. The number of nitrogen functional groups attached to an aromatic ring is 1. The predicted molar refractivity (Wildman–Crippen MR) is 53.3 cm³/mol. The second-order valence-corrected chi connectivity index (χ2v) is 3.83. The molecule has 70 valence electrons. The Labute approximate surface area is 82.1 Å². The molecule has 4 heteroatoms. The quantitative estimate of drug-likeness (QED) is 0.710. The highest BCUT2D eigenvalue weighted by molar-refractivity contribution is 6.30. The molecule has 1 aliphatic carbocycles. The lowest BCUT2D eigenvalue weighted by Crippen LogP contribution is -2.15. The Morgan fingerprint density at radius 1 is 1.54 bits per heavy atom. The van der Waals surface area contributed by atoms with Crippen LogP contribution in [0.15, 0.2) is 12.3 Å². The molecule has 13 heavy (non-hydrogen) atoms. The number of pyridine rings is 1. The molecule has 0 radical (unpaired) electrons. The van der Waals surface area contributed by atoms with Gasteiger partial charge in [0.05, 0.1) is 0 Å². The van der Waals surface area contributed by atoms with E-state index in [9.17, 15) is 0 Å². The molecule has 1 aromatic heterocycles. The average molecular weight is 198 g/mol. The van der Waals surface area contributed by atoms with E-state index in [2.05, 4.69) is 4.98 Å². The lowest BCUT2D eigenvalue weighted by Gasteiger charge is -2.13. The van der Waals surface area contributed by atoms with Gasteiger partial charge in [0.15, 0.2) is 0 Å². The Kier molecular flexibility index (Phi) is 2.14. The summed E-state index contributed by atoms with van der Waals surface area (Å²) in [5.41, 5.74) is 13.2. The van der Waals surface area contributed by atoms with Crippen LogP contribution >= 0.6 is 11.6 Å². The highest BCUT2D eigenvalue weighted by Gasteiger charge is 2.32. The van der Waals surface area contributed by atoms with Gasteiger partial charge in [0.1, 0.15) is 5.15 Å². The minimum Gasteiger partial charge on any atom is -0.398 e. The van der Waals surface area contributed by atoms with Crippen LogP contribution in [0.5, 0.6) is 0 Å². The first kappa shape index (κ1) is 8.78. The van der Waals surface area contributed by atoms with Crippen molar-refractivity contribution in [1.29, 1.82) is 0 Å². The molecule has 1 aromatic rings. The smallest absolute Gasteiger partial charge is 0.135 e. The first-order valence-corrected chi connectivity index (χ1v) is 4.73. The lowest BCUT2D eigenvalue weighted by atomic mass is 10.0. The van der Waals surface area contributed by atoms with E-state index in [1.165, 1.54) is 12.8 Å². The summed E-state index contributed by atoms with van der Waals surface area (Å²) in [5.74, 6) is 0.545.